The van der Waals surface area contributed by atoms with Gasteiger partial charge in [-0.3, -0.25) is 9.48 Å². The average molecular weight is 350 g/mol. The molecule has 4 rings (SSSR count). The molecule has 0 bridgehead atoms. The van der Waals surface area contributed by atoms with E-state index < -0.39 is 0 Å². The van der Waals surface area contributed by atoms with Crippen molar-refractivity contribution < 1.29 is 4.79 Å². The number of piperidine rings is 1. The lowest BCUT2D eigenvalue weighted by Gasteiger charge is -2.33. The predicted octanol–water partition coefficient (Wildman–Crippen LogP) is 2.07. The Balaban J connectivity index is 1.42. The molecular weight excluding hydrogens is 328 g/mol. The highest BCUT2D eigenvalue weighted by Gasteiger charge is 2.24. The number of aryl methyl sites for hydroxylation is 2. The summed E-state index contributed by atoms with van der Waals surface area (Å²) in [5.74, 6) is 0.837. The molecule has 0 spiro atoms. The van der Waals surface area contributed by atoms with Crippen molar-refractivity contribution in [3.8, 4) is 0 Å². The molecule has 1 aliphatic rings. The van der Waals surface area contributed by atoms with Gasteiger partial charge in [-0.05, 0) is 38.0 Å². The van der Waals surface area contributed by atoms with E-state index in [1.807, 2.05) is 38.2 Å². The number of rotatable bonds is 3. The zero-order valence-corrected chi connectivity index (χ0v) is 15.0. The van der Waals surface area contributed by atoms with Crippen molar-refractivity contribution in [2.24, 2.45) is 7.05 Å². The first-order valence-electron chi connectivity index (χ1n) is 8.89. The van der Waals surface area contributed by atoms with Gasteiger partial charge >= 0.3 is 0 Å². The predicted molar refractivity (Wildman–Crippen MR) is 100 cm³/mol. The van der Waals surface area contributed by atoms with E-state index in [2.05, 4.69) is 20.3 Å². The Hall–Kier alpha value is -2.96. The summed E-state index contributed by atoms with van der Waals surface area (Å²) in [6.07, 6.45) is 3.54. The quantitative estimate of drug-likeness (QED) is 0.783. The summed E-state index contributed by atoms with van der Waals surface area (Å²) in [6.45, 7) is 3.70. The normalized spacial score (nSPS) is 15.4. The van der Waals surface area contributed by atoms with E-state index in [0.717, 1.165) is 48.5 Å². The van der Waals surface area contributed by atoms with Crippen LogP contribution in [0.25, 0.3) is 11.0 Å². The van der Waals surface area contributed by atoms with E-state index in [0.29, 0.717) is 5.69 Å². The Kier molecular flexibility index (Phi) is 4.28. The van der Waals surface area contributed by atoms with Crippen molar-refractivity contribution in [2.45, 2.75) is 25.8 Å². The Morgan fingerprint density at radius 2 is 1.81 bits per heavy atom. The molecule has 1 saturated heterocycles. The van der Waals surface area contributed by atoms with Gasteiger partial charge in [0, 0.05) is 32.4 Å². The van der Waals surface area contributed by atoms with Gasteiger partial charge < -0.3 is 10.2 Å². The van der Waals surface area contributed by atoms with Gasteiger partial charge in [-0.2, -0.15) is 5.10 Å². The minimum absolute atomic E-state index is 0.106. The molecule has 1 aromatic carbocycles. The molecule has 0 unspecified atom stereocenters. The Morgan fingerprint density at radius 3 is 2.46 bits per heavy atom. The second-order valence-electron chi connectivity index (χ2n) is 6.73. The molecule has 0 radical (unpaired) electrons. The molecule has 134 valence electrons. The van der Waals surface area contributed by atoms with Crippen LogP contribution in [0.15, 0.2) is 36.5 Å². The molecule has 7 heteroatoms. The van der Waals surface area contributed by atoms with Gasteiger partial charge in [-0.25, -0.2) is 9.97 Å². The highest BCUT2D eigenvalue weighted by Crippen LogP contribution is 2.23. The number of fused-ring (bicyclic) bond motifs is 1. The monoisotopic (exact) mass is 350 g/mol. The number of carbonyl (C=O) groups is 1. The highest BCUT2D eigenvalue weighted by atomic mass is 16.2. The lowest BCUT2D eigenvalue weighted by molar-refractivity contribution is 0.0925. The van der Waals surface area contributed by atoms with E-state index in [9.17, 15) is 4.79 Å². The third kappa shape index (κ3) is 3.24. The summed E-state index contributed by atoms with van der Waals surface area (Å²) < 4.78 is 1.64. The molecule has 3 heterocycles. The van der Waals surface area contributed by atoms with Crippen molar-refractivity contribution in [3.05, 3.63) is 47.9 Å². The molecule has 26 heavy (non-hydrogen) atoms. The molecule has 0 aliphatic carbocycles. The van der Waals surface area contributed by atoms with Crippen molar-refractivity contribution >= 4 is 22.8 Å². The van der Waals surface area contributed by atoms with Gasteiger partial charge in [-0.1, -0.05) is 12.1 Å². The van der Waals surface area contributed by atoms with Crippen LogP contribution in [0.4, 0.5) is 5.82 Å². The van der Waals surface area contributed by atoms with Crippen LogP contribution in [0.2, 0.25) is 0 Å². The molecule has 7 nitrogen and oxygen atoms in total. The van der Waals surface area contributed by atoms with Gasteiger partial charge in [0.05, 0.1) is 16.7 Å². The van der Waals surface area contributed by atoms with Gasteiger partial charge in [0.1, 0.15) is 5.69 Å². The number of nitrogens with one attached hydrogen (secondary N) is 1. The number of aromatic nitrogens is 4. The molecule has 1 fully saturated rings. The van der Waals surface area contributed by atoms with Crippen molar-refractivity contribution in [2.75, 3.05) is 18.0 Å². The van der Waals surface area contributed by atoms with Crippen LogP contribution in [0.3, 0.4) is 0 Å². The van der Waals surface area contributed by atoms with Crippen molar-refractivity contribution in [3.63, 3.8) is 0 Å². The highest BCUT2D eigenvalue weighted by molar-refractivity contribution is 5.92. The number of benzene rings is 1. The number of amides is 1. The van der Waals surface area contributed by atoms with E-state index in [4.69, 9.17) is 4.98 Å². The molecule has 0 atom stereocenters. The first-order chi connectivity index (χ1) is 12.6. The lowest BCUT2D eigenvalue weighted by atomic mass is 10.0. The Labute approximate surface area is 152 Å². The fraction of sp³-hybridized carbons (Fsp3) is 0.368. The van der Waals surface area contributed by atoms with E-state index in [1.54, 1.807) is 16.9 Å². The standard InChI is InChI=1S/C19H22N6O/c1-13-18(22-16-6-4-3-5-15(16)20-13)25-11-7-14(8-12-25)21-19(26)17-9-10-24(2)23-17/h3-6,9-10,14H,7-8,11-12H2,1-2H3,(H,21,26). The van der Waals surface area contributed by atoms with Crippen LogP contribution >= 0.6 is 0 Å². The van der Waals surface area contributed by atoms with E-state index in [1.165, 1.54) is 0 Å². The first-order valence-corrected chi connectivity index (χ1v) is 8.89. The summed E-state index contributed by atoms with van der Waals surface area (Å²) in [4.78, 5) is 24.0. The summed E-state index contributed by atoms with van der Waals surface area (Å²) in [7, 11) is 1.81. The lowest BCUT2D eigenvalue weighted by Crippen LogP contribution is -2.45. The van der Waals surface area contributed by atoms with Gasteiger partial charge in [-0.15, -0.1) is 0 Å². The third-order valence-corrected chi connectivity index (χ3v) is 4.80. The van der Waals surface area contributed by atoms with Gasteiger partial charge in [0.15, 0.2) is 5.82 Å². The molecule has 2 aromatic heterocycles. The first kappa shape index (κ1) is 16.5. The maximum atomic E-state index is 12.3. The molecular formula is C19H22N6O. The number of carbonyl (C=O) groups excluding carboxylic acids is 1. The van der Waals surface area contributed by atoms with E-state index in [-0.39, 0.29) is 11.9 Å². The molecule has 1 N–H and O–H groups in total. The summed E-state index contributed by atoms with van der Waals surface area (Å²) in [5, 5.41) is 7.24. The van der Waals surface area contributed by atoms with Crippen LogP contribution in [0.1, 0.15) is 29.0 Å². The minimum atomic E-state index is -0.106. The number of nitrogens with zero attached hydrogens (tertiary/aromatic N) is 5. The maximum Gasteiger partial charge on any atom is 0.271 e. The fourth-order valence-electron chi connectivity index (χ4n) is 3.41. The number of hydrogen-bond acceptors (Lipinski definition) is 5. The maximum absolute atomic E-state index is 12.3. The Bertz CT molecular complexity index is 942. The van der Waals surface area contributed by atoms with E-state index >= 15 is 0 Å². The average Bonchev–Trinajstić information content (AvgIpc) is 3.08. The largest absolute Gasteiger partial charge is 0.355 e. The summed E-state index contributed by atoms with van der Waals surface area (Å²) in [6, 6.07) is 9.83. The Morgan fingerprint density at radius 1 is 1.12 bits per heavy atom. The molecule has 0 saturated carbocycles. The zero-order valence-electron chi connectivity index (χ0n) is 15.0. The van der Waals surface area contributed by atoms with Crippen molar-refractivity contribution in [1.29, 1.82) is 0 Å². The second-order valence-corrected chi connectivity index (χ2v) is 6.73. The molecule has 1 aliphatic heterocycles. The van der Waals surface area contributed by atoms with Gasteiger partial charge in [0.25, 0.3) is 5.91 Å². The summed E-state index contributed by atoms with van der Waals surface area (Å²) >= 11 is 0. The van der Waals surface area contributed by atoms with Crippen LogP contribution < -0.4 is 10.2 Å². The van der Waals surface area contributed by atoms with Crippen LogP contribution in [0.5, 0.6) is 0 Å². The second kappa shape index (κ2) is 6.74. The number of para-hydroxylation sites is 2. The number of hydrogen-bond donors (Lipinski definition) is 1. The SMILES string of the molecule is Cc1nc2ccccc2nc1N1CCC(NC(=O)c2ccn(C)n2)CC1. The molecule has 3 aromatic rings. The minimum Gasteiger partial charge on any atom is -0.355 e. The topological polar surface area (TPSA) is 75.9 Å². The molecule has 1 amide bonds. The zero-order chi connectivity index (χ0) is 18.1. The van der Waals surface area contributed by atoms with Gasteiger partial charge in [0.2, 0.25) is 0 Å². The van der Waals surface area contributed by atoms with Crippen LogP contribution in [-0.4, -0.2) is 44.8 Å². The van der Waals surface area contributed by atoms with Crippen LogP contribution in [-0.2, 0) is 7.05 Å². The van der Waals surface area contributed by atoms with Crippen LogP contribution in [0, 0.1) is 6.92 Å². The van der Waals surface area contributed by atoms with Crippen molar-refractivity contribution in [1.82, 2.24) is 25.1 Å². The smallest absolute Gasteiger partial charge is 0.271 e. The third-order valence-electron chi connectivity index (χ3n) is 4.80. The fourth-order valence-corrected chi connectivity index (χ4v) is 3.41. The number of anilines is 1. The summed E-state index contributed by atoms with van der Waals surface area (Å²) in [5.41, 5.74) is 3.25.